The Morgan fingerprint density at radius 1 is 0.944 bits per heavy atom. The molecule has 3 aromatic carbocycles. The fourth-order valence-electron chi connectivity index (χ4n) is 3.71. The molecule has 1 N–H and O–H groups in total. The zero-order valence-electron chi connectivity index (χ0n) is 19.7. The molecule has 2 aromatic heterocycles. The Morgan fingerprint density at radius 2 is 1.69 bits per heavy atom. The molecule has 0 aliphatic carbocycles. The Morgan fingerprint density at radius 3 is 2.44 bits per heavy atom. The number of para-hydroxylation sites is 1. The molecule has 0 aliphatic heterocycles. The number of carbonyl (C=O) groups is 2. The van der Waals surface area contributed by atoms with Gasteiger partial charge in [-0.05, 0) is 50.2 Å². The van der Waals surface area contributed by atoms with Gasteiger partial charge in [-0.1, -0.05) is 59.8 Å². The Balaban J connectivity index is 1.34. The first-order chi connectivity index (χ1) is 17.5. The number of ketones is 1. The maximum Gasteiger partial charge on any atom is 0.277 e. The van der Waals surface area contributed by atoms with Crippen molar-refractivity contribution in [2.75, 3.05) is 11.1 Å². The number of hydrogen-bond donors (Lipinski definition) is 1. The molecule has 0 radical (unpaired) electrons. The zero-order chi connectivity index (χ0) is 25.1. The molecule has 7 nitrogen and oxygen atoms in total. The topological polar surface area (TPSA) is 98.0 Å². The number of benzene rings is 3. The molecule has 0 unspecified atom stereocenters. The number of fused-ring (bicyclic) bond motifs is 1. The van der Waals surface area contributed by atoms with Crippen LogP contribution in [-0.2, 0) is 4.79 Å². The number of carbonyl (C=O) groups excluding carboxylic acids is 2. The van der Waals surface area contributed by atoms with Gasteiger partial charge in [0.1, 0.15) is 0 Å². The van der Waals surface area contributed by atoms with Gasteiger partial charge in [0, 0.05) is 22.2 Å². The van der Waals surface area contributed by atoms with Gasteiger partial charge < -0.3 is 9.73 Å². The first-order valence-electron chi connectivity index (χ1n) is 11.3. The highest BCUT2D eigenvalue weighted by Crippen LogP contribution is 2.32. The van der Waals surface area contributed by atoms with Crippen molar-refractivity contribution in [1.29, 1.82) is 0 Å². The largest absolute Gasteiger partial charge is 0.411 e. The third-order valence-electron chi connectivity index (χ3n) is 5.60. The third kappa shape index (κ3) is 5.18. The number of nitrogens with zero attached hydrogens (tertiary/aromatic N) is 3. The molecule has 0 saturated heterocycles. The first-order valence-corrected chi connectivity index (χ1v) is 12.3. The van der Waals surface area contributed by atoms with Gasteiger partial charge in [0.25, 0.3) is 5.22 Å². The number of aryl methyl sites for hydroxylation is 1. The molecule has 0 spiro atoms. The molecular formula is C28H22N4O3S. The molecule has 0 atom stereocenters. The minimum atomic E-state index is -0.216. The molecule has 5 rings (SSSR count). The van der Waals surface area contributed by atoms with Gasteiger partial charge in [0.05, 0.1) is 22.5 Å². The number of Topliss-reactive ketones (excluding diaryl/α,β-unsaturated/α-hetero) is 1. The van der Waals surface area contributed by atoms with Crippen LogP contribution in [0.1, 0.15) is 22.8 Å². The van der Waals surface area contributed by atoms with Crippen LogP contribution < -0.4 is 5.32 Å². The lowest BCUT2D eigenvalue weighted by Crippen LogP contribution is -2.14. The number of anilines is 1. The summed E-state index contributed by atoms with van der Waals surface area (Å²) in [6.45, 7) is 3.55. The van der Waals surface area contributed by atoms with Gasteiger partial charge in [-0.3, -0.25) is 9.59 Å². The highest BCUT2D eigenvalue weighted by Gasteiger charge is 2.16. The summed E-state index contributed by atoms with van der Waals surface area (Å²) in [5.41, 5.74) is 5.80. The van der Waals surface area contributed by atoms with Gasteiger partial charge in [-0.2, -0.15) is 0 Å². The molecule has 5 aromatic rings. The second kappa shape index (κ2) is 10.1. The molecule has 0 saturated carbocycles. The number of amides is 1. The van der Waals surface area contributed by atoms with Crippen LogP contribution >= 0.6 is 11.8 Å². The second-order valence-electron chi connectivity index (χ2n) is 8.28. The second-order valence-corrected chi connectivity index (χ2v) is 9.21. The van der Waals surface area contributed by atoms with E-state index in [2.05, 4.69) is 27.6 Å². The number of rotatable bonds is 7. The summed E-state index contributed by atoms with van der Waals surface area (Å²) in [6, 6.07) is 24.7. The zero-order valence-corrected chi connectivity index (χ0v) is 20.5. The van der Waals surface area contributed by atoms with Crippen molar-refractivity contribution >= 4 is 40.0 Å². The summed E-state index contributed by atoms with van der Waals surface area (Å²) < 4.78 is 5.93. The maximum absolute atomic E-state index is 12.4. The summed E-state index contributed by atoms with van der Waals surface area (Å²) in [6.07, 6.45) is 0. The first kappa shape index (κ1) is 23.4. The number of pyridine rings is 1. The summed E-state index contributed by atoms with van der Waals surface area (Å²) in [5.74, 6) is 0.224. The summed E-state index contributed by atoms with van der Waals surface area (Å²) in [5, 5.41) is 12.4. The van der Waals surface area contributed by atoms with E-state index in [0.29, 0.717) is 22.4 Å². The average molecular weight is 495 g/mol. The van der Waals surface area contributed by atoms with E-state index in [1.165, 1.54) is 12.5 Å². The average Bonchev–Trinajstić information content (AvgIpc) is 3.36. The van der Waals surface area contributed by atoms with Gasteiger partial charge in [0.15, 0.2) is 5.78 Å². The van der Waals surface area contributed by atoms with E-state index in [4.69, 9.17) is 9.40 Å². The SMILES string of the molecule is CC(=O)c1ccc(NC(=O)CSc2nnc(-c3cc(-c4ccc(C)cc4)nc4ccccc34)o2)cc1. The Bertz CT molecular complexity index is 1560. The Hall–Kier alpha value is -4.30. The van der Waals surface area contributed by atoms with Gasteiger partial charge >= 0.3 is 0 Å². The van der Waals surface area contributed by atoms with Crippen LogP contribution in [0.4, 0.5) is 5.69 Å². The van der Waals surface area contributed by atoms with Crippen LogP contribution in [0, 0.1) is 6.92 Å². The van der Waals surface area contributed by atoms with Crippen LogP contribution in [0.5, 0.6) is 0 Å². The Kier molecular flexibility index (Phi) is 6.60. The highest BCUT2D eigenvalue weighted by molar-refractivity contribution is 7.99. The minimum Gasteiger partial charge on any atom is -0.411 e. The summed E-state index contributed by atoms with van der Waals surface area (Å²) >= 11 is 1.16. The van der Waals surface area contributed by atoms with Crippen molar-refractivity contribution in [1.82, 2.24) is 15.2 Å². The third-order valence-corrected chi connectivity index (χ3v) is 6.42. The van der Waals surface area contributed by atoms with Crippen molar-refractivity contribution in [2.45, 2.75) is 19.1 Å². The van der Waals surface area contributed by atoms with Crippen LogP contribution in [-0.4, -0.2) is 32.6 Å². The van der Waals surface area contributed by atoms with Crippen molar-refractivity contribution in [3.63, 3.8) is 0 Å². The van der Waals surface area contributed by atoms with Gasteiger partial charge in [-0.25, -0.2) is 4.98 Å². The lowest BCUT2D eigenvalue weighted by Gasteiger charge is -2.08. The molecule has 0 aliphatic rings. The number of aromatic nitrogens is 3. The Labute approximate surface area is 212 Å². The standard InChI is InChI=1S/C28H22N4O3S/c1-17-7-9-20(10-8-17)25-15-23(22-5-3-4-6-24(22)30-25)27-31-32-28(35-27)36-16-26(34)29-21-13-11-19(12-14-21)18(2)33/h3-15H,16H2,1-2H3,(H,29,34). The minimum absolute atomic E-state index is 0.0245. The van der Waals surface area contributed by atoms with E-state index >= 15 is 0 Å². The summed E-state index contributed by atoms with van der Waals surface area (Å²) in [4.78, 5) is 28.6. The van der Waals surface area contributed by atoms with Gasteiger partial charge in [0.2, 0.25) is 11.8 Å². The van der Waals surface area contributed by atoms with E-state index in [-0.39, 0.29) is 17.4 Å². The number of thioether (sulfide) groups is 1. The molecular weight excluding hydrogens is 472 g/mol. The van der Waals surface area contributed by atoms with E-state index < -0.39 is 0 Å². The van der Waals surface area contributed by atoms with Crippen LogP contribution in [0.25, 0.3) is 33.6 Å². The van der Waals surface area contributed by atoms with Crippen molar-refractivity contribution < 1.29 is 14.0 Å². The van der Waals surface area contributed by atoms with Crippen molar-refractivity contribution in [3.8, 4) is 22.7 Å². The number of nitrogens with one attached hydrogen (secondary N) is 1. The van der Waals surface area contributed by atoms with Crippen LogP contribution in [0.3, 0.4) is 0 Å². The van der Waals surface area contributed by atoms with Crippen LogP contribution in [0.2, 0.25) is 0 Å². The smallest absolute Gasteiger partial charge is 0.277 e. The highest BCUT2D eigenvalue weighted by atomic mass is 32.2. The molecule has 2 heterocycles. The molecule has 0 bridgehead atoms. The van der Waals surface area contributed by atoms with E-state index in [1.54, 1.807) is 24.3 Å². The van der Waals surface area contributed by atoms with Crippen LogP contribution in [0.15, 0.2) is 88.5 Å². The predicted molar refractivity (Wildman–Crippen MR) is 141 cm³/mol. The molecule has 178 valence electrons. The van der Waals surface area contributed by atoms with E-state index in [0.717, 1.165) is 39.5 Å². The molecule has 8 heteroatoms. The van der Waals surface area contributed by atoms with Crippen molar-refractivity contribution in [3.05, 3.63) is 90.0 Å². The molecule has 36 heavy (non-hydrogen) atoms. The summed E-state index contributed by atoms with van der Waals surface area (Å²) in [7, 11) is 0. The van der Waals surface area contributed by atoms with Gasteiger partial charge in [-0.15, -0.1) is 10.2 Å². The molecule has 0 fully saturated rings. The monoisotopic (exact) mass is 494 g/mol. The van der Waals surface area contributed by atoms with Crippen molar-refractivity contribution in [2.24, 2.45) is 0 Å². The normalized spacial score (nSPS) is 10.9. The molecule has 1 amide bonds. The maximum atomic E-state index is 12.4. The lowest BCUT2D eigenvalue weighted by molar-refractivity contribution is -0.113. The lowest BCUT2D eigenvalue weighted by atomic mass is 10.0. The predicted octanol–water partition coefficient (Wildman–Crippen LogP) is 6.19. The fraction of sp³-hybridized carbons (Fsp3) is 0.107. The van der Waals surface area contributed by atoms with E-state index in [9.17, 15) is 9.59 Å². The fourth-order valence-corrected chi connectivity index (χ4v) is 4.28. The quantitative estimate of drug-likeness (QED) is 0.213. The number of hydrogen-bond acceptors (Lipinski definition) is 7. The van der Waals surface area contributed by atoms with E-state index in [1.807, 2.05) is 49.4 Å².